The number of nitrogens with zero attached hydrogens (tertiary/aromatic N) is 4. The maximum Gasteiger partial charge on any atom is 0.176 e. The third-order valence-electron chi connectivity index (χ3n) is 7.13. The van der Waals surface area contributed by atoms with Crippen molar-refractivity contribution in [2.24, 2.45) is 0 Å². The van der Waals surface area contributed by atoms with Crippen molar-refractivity contribution in [1.29, 1.82) is 0 Å². The summed E-state index contributed by atoms with van der Waals surface area (Å²) >= 11 is 0. The van der Waals surface area contributed by atoms with Crippen LogP contribution in [0.25, 0.3) is 10.8 Å². The van der Waals surface area contributed by atoms with Gasteiger partial charge in [0.2, 0.25) is 0 Å². The van der Waals surface area contributed by atoms with Crippen molar-refractivity contribution < 1.29 is 4.42 Å². The maximum atomic E-state index is 6.08. The van der Waals surface area contributed by atoms with Gasteiger partial charge in [0.1, 0.15) is 11.8 Å². The molecule has 6 rings (SSSR count). The van der Waals surface area contributed by atoms with E-state index in [1.807, 2.05) is 10.9 Å². The van der Waals surface area contributed by atoms with Crippen LogP contribution in [-0.4, -0.2) is 26.8 Å². The number of rotatable bonds is 8. The number of benzene rings is 2. The highest BCUT2D eigenvalue weighted by Crippen LogP contribution is 2.50. The van der Waals surface area contributed by atoms with Gasteiger partial charge in [-0.15, -0.1) is 5.10 Å². The summed E-state index contributed by atoms with van der Waals surface area (Å²) in [5, 5.41) is 19.2. The summed E-state index contributed by atoms with van der Waals surface area (Å²) in [6.45, 7) is 5.08. The lowest BCUT2D eigenvalue weighted by molar-refractivity contribution is 0.391. The van der Waals surface area contributed by atoms with Gasteiger partial charge in [0, 0.05) is 12.0 Å². The van der Waals surface area contributed by atoms with Gasteiger partial charge in [-0.1, -0.05) is 42.5 Å². The predicted molar refractivity (Wildman–Crippen MR) is 124 cm³/mol. The Labute approximate surface area is 188 Å². The summed E-state index contributed by atoms with van der Waals surface area (Å²) in [7, 11) is 0. The van der Waals surface area contributed by atoms with Crippen molar-refractivity contribution in [3.63, 3.8) is 0 Å². The Kier molecular flexibility index (Phi) is 4.65. The van der Waals surface area contributed by atoms with Crippen molar-refractivity contribution in [2.75, 3.05) is 6.54 Å². The number of furan rings is 1. The molecule has 0 spiro atoms. The van der Waals surface area contributed by atoms with Gasteiger partial charge in [0.05, 0.1) is 12.3 Å². The molecular weight excluding hydrogens is 398 g/mol. The van der Waals surface area contributed by atoms with Crippen molar-refractivity contribution in [3.8, 4) is 0 Å². The van der Waals surface area contributed by atoms with Crippen LogP contribution >= 0.6 is 0 Å². The number of hydrogen-bond acceptors (Lipinski definition) is 5. The van der Waals surface area contributed by atoms with Gasteiger partial charge in [-0.05, 0) is 83.8 Å². The highest BCUT2D eigenvalue weighted by Gasteiger charge is 2.46. The fourth-order valence-corrected chi connectivity index (χ4v) is 5.03. The van der Waals surface area contributed by atoms with Gasteiger partial charge in [-0.3, -0.25) is 0 Å². The zero-order chi connectivity index (χ0) is 21.7. The lowest BCUT2D eigenvalue weighted by Crippen LogP contribution is -2.33. The molecule has 164 valence electrons. The van der Waals surface area contributed by atoms with Crippen LogP contribution in [0.1, 0.15) is 80.2 Å². The highest BCUT2D eigenvalue weighted by molar-refractivity contribution is 5.87. The van der Waals surface area contributed by atoms with E-state index in [-0.39, 0.29) is 17.5 Å². The largest absolute Gasteiger partial charge is 0.467 e. The monoisotopic (exact) mass is 427 g/mol. The Morgan fingerprint density at radius 3 is 2.69 bits per heavy atom. The first-order valence-corrected chi connectivity index (χ1v) is 11.7. The highest BCUT2D eigenvalue weighted by atomic mass is 16.3. The predicted octanol–water partition coefficient (Wildman–Crippen LogP) is 5.29. The minimum absolute atomic E-state index is 0.140. The summed E-state index contributed by atoms with van der Waals surface area (Å²) in [5.74, 6) is 2.40. The molecule has 2 fully saturated rings. The fraction of sp³-hybridized carbons (Fsp3) is 0.423. The van der Waals surface area contributed by atoms with E-state index in [2.05, 4.69) is 83.2 Å². The minimum Gasteiger partial charge on any atom is -0.467 e. The molecule has 1 unspecified atom stereocenters. The van der Waals surface area contributed by atoms with E-state index in [0.29, 0.717) is 5.92 Å². The van der Waals surface area contributed by atoms with Crippen LogP contribution < -0.4 is 5.32 Å². The first-order chi connectivity index (χ1) is 15.7. The second-order valence-electron chi connectivity index (χ2n) is 9.71. The number of hydrogen-bond donors (Lipinski definition) is 1. The van der Waals surface area contributed by atoms with Crippen LogP contribution in [0, 0.1) is 0 Å². The smallest absolute Gasteiger partial charge is 0.176 e. The molecule has 2 aliphatic carbocycles. The summed E-state index contributed by atoms with van der Waals surface area (Å²) in [6, 6.07) is 17.5. The topological polar surface area (TPSA) is 68.8 Å². The third-order valence-corrected chi connectivity index (χ3v) is 7.13. The molecule has 6 heteroatoms. The maximum absolute atomic E-state index is 6.08. The van der Waals surface area contributed by atoms with E-state index >= 15 is 0 Å². The van der Waals surface area contributed by atoms with E-state index in [1.54, 1.807) is 0 Å². The fourth-order valence-electron chi connectivity index (χ4n) is 5.03. The van der Waals surface area contributed by atoms with Gasteiger partial charge in [-0.2, -0.15) is 0 Å². The Hall–Kier alpha value is -2.99. The van der Waals surface area contributed by atoms with Crippen molar-refractivity contribution >= 4 is 10.8 Å². The Morgan fingerprint density at radius 2 is 1.91 bits per heavy atom. The zero-order valence-electron chi connectivity index (χ0n) is 18.7. The lowest BCUT2D eigenvalue weighted by Gasteiger charge is -2.24. The van der Waals surface area contributed by atoms with Gasteiger partial charge in [-0.25, -0.2) is 4.68 Å². The molecule has 1 atom stereocenters. The average Bonchev–Trinajstić information content (AvgIpc) is 3.71. The van der Waals surface area contributed by atoms with E-state index < -0.39 is 0 Å². The first kappa shape index (κ1) is 19.7. The second-order valence-corrected chi connectivity index (χ2v) is 9.71. The van der Waals surface area contributed by atoms with Crippen LogP contribution in [0.4, 0.5) is 0 Å². The molecule has 0 saturated heterocycles. The van der Waals surface area contributed by atoms with Crippen LogP contribution in [0.15, 0.2) is 59.2 Å². The number of tetrazole rings is 1. The molecule has 4 aromatic rings. The SMILES string of the molecule is CC(C)n1nnnc1C(NCC1(c2cccc3ccccc23)CC1)c1occc1C1CC1. The number of fused-ring (bicyclic) bond motifs is 1. The molecule has 2 aromatic heterocycles. The summed E-state index contributed by atoms with van der Waals surface area (Å²) < 4.78 is 7.99. The quantitative estimate of drug-likeness (QED) is 0.414. The molecule has 0 aliphatic heterocycles. The molecule has 2 heterocycles. The summed E-state index contributed by atoms with van der Waals surface area (Å²) in [6.07, 6.45) is 6.65. The van der Waals surface area contributed by atoms with Gasteiger partial charge < -0.3 is 9.73 Å². The van der Waals surface area contributed by atoms with Crippen molar-refractivity contribution in [2.45, 2.75) is 62.9 Å². The molecule has 0 amide bonds. The number of nitrogens with one attached hydrogen (secondary N) is 1. The van der Waals surface area contributed by atoms with E-state index in [1.165, 1.54) is 47.6 Å². The third kappa shape index (κ3) is 3.34. The van der Waals surface area contributed by atoms with Crippen LogP contribution in [0.5, 0.6) is 0 Å². The molecule has 2 aliphatic rings. The molecular formula is C26H29N5O. The molecule has 6 nitrogen and oxygen atoms in total. The standard InChI is InChI=1S/C26H29N5O/c1-17(2)31-25(28-29-30-31)23(24-21(12-15-32-24)19-10-11-19)27-16-26(13-14-26)22-9-5-7-18-6-3-4-8-20(18)22/h3-9,12,15,17,19,23,27H,10-11,13-14,16H2,1-2H3. The van der Waals surface area contributed by atoms with Gasteiger partial charge in [0.25, 0.3) is 0 Å². The zero-order valence-corrected chi connectivity index (χ0v) is 18.7. The molecule has 1 N–H and O–H groups in total. The Morgan fingerprint density at radius 1 is 1.09 bits per heavy atom. The average molecular weight is 428 g/mol. The molecule has 0 bridgehead atoms. The first-order valence-electron chi connectivity index (χ1n) is 11.7. The lowest BCUT2D eigenvalue weighted by atomic mass is 9.90. The minimum atomic E-state index is -0.162. The van der Waals surface area contributed by atoms with E-state index in [9.17, 15) is 0 Å². The molecule has 2 saturated carbocycles. The Bertz CT molecular complexity index is 1200. The Balaban J connectivity index is 1.36. The van der Waals surface area contributed by atoms with Gasteiger partial charge in [0.15, 0.2) is 5.82 Å². The second kappa shape index (κ2) is 7.55. The van der Waals surface area contributed by atoms with Crippen LogP contribution in [-0.2, 0) is 5.41 Å². The van der Waals surface area contributed by atoms with Crippen molar-refractivity contribution in [3.05, 3.63) is 77.5 Å². The van der Waals surface area contributed by atoms with E-state index in [4.69, 9.17) is 4.42 Å². The number of aromatic nitrogens is 4. The molecule has 2 aromatic carbocycles. The summed E-state index contributed by atoms with van der Waals surface area (Å²) in [4.78, 5) is 0. The van der Waals surface area contributed by atoms with Crippen molar-refractivity contribution in [1.82, 2.24) is 25.5 Å². The van der Waals surface area contributed by atoms with Gasteiger partial charge >= 0.3 is 0 Å². The van der Waals surface area contributed by atoms with Crippen LogP contribution in [0.3, 0.4) is 0 Å². The molecule has 0 radical (unpaired) electrons. The normalized spacial score (nSPS) is 18.3. The molecule has 32 heavy (non-hydrogen) atoms. The summed E-state index contributed by atoms with van der Waals surface area (Å²) in [5.41, 5.74) is 2.88. The van der Waals surface area contributed by atoms with E-state index in [0.717, 1.165) is 18.1 Å². The van der Waals surface area contributed by atoms with Crippen LogP contribution in [0.2, 0.25) is 0 Å².